The molecular weight excluding hydrogens is 306 g/mol. The van der Waals surface area contributed by atoms with Crippen LogP contribution in [0.5, 0.6) is 5.75 Å². The Morgan fingerprint density at radius 3 is 2.00 bits per heavy atom. The van der Waals surface area contributed by atoms with Crippen molar-refractivity contribution < 1.29 is 13.5 Å². The Labute approximate surface area is 110 Å². The fourth-order valence-corrected chi connectivity index (χ4v) is 1.53. The number of alkyl halides is 4. The van der Waals surface area contributed by atoms with Crippen molar-refractivity contribution in [3.63, 3.8) is 0 Å². The molecule has 1 aromatic carbocycles. The number of nitrogen functional groups attached to an aromatic ring is 1. The normalized spacial score (nSPS) is 11.9. The summed E-state index contributed by atoms with van der Waals surface area (Å²) in [5, 5.41) is -0.308. The first-order chi connectivity index (χ1) is 7.24. The standard InChI is InChI=1S/C8H5Cl4F2NO/c9-4-1-3(15)2-5(10)6(4)16-8(13,14)7(11)12/h1-2,7H,15H2. The van der Waals surface area contributed by atoms with E-state index in [1.807, 2.05) is 0 Å². The molecule has 0 amide bonds. The first-order valence-corrected chi connectivity index (χ1v) is 5.46. The second kappa shape index (κ2) is 5.00. The van der Waals surface area contributed by atoms with E-state index in [-0.39, 0.29) is 15.7 Å². The van der Waals surface area contributed by atoms with Crippen LogP contribution in [0.1, 0.15) is 0 Å². The van der Waals surface area contributed by atoms with Crippen molar-refractivity contribution in [1.29, 1.82) is 0 Å². The van der Waals surface area contributed by atoms with Crippen molar-refractivity contribution in [1.82, 2.24) is 0 Å². The second-order valence-electron chi connectivity index (χ2n) is 2.78. The topological polar surface area (TPSA) is 35.2 Å². The molecule has 1 rings (SSSR count). The Bertz CT molecular complexity index is 377. The lowest BCUT2D eigenvalue weighted by molar-refractivity contribution is -0.163. The molecule has 0 fully saturated rings. The monoisotopic (exact) mass is 309 g/mol. The third kappa shape index (κ3) is 3.17. The molecule has 0 saturated carbocycles. The minimum atomic E-state index is -3.80. The summed E-state index contributed by atoms with van der Waals surface area (Å²) >= 11 is 21.3. The zero-order valence-electron chi connectivity index (χ0n) is 7.49. The highest BCUT2D eigenvalue weighted by Crippen LogP contribution is 2.40. The van der Waals surface area contributed by atoms with Gasteiger partial charge in [0.25, 0.3) is 0 Å². The van der Waals surface area contributed by atoms with Crippen LogP contribution in [0, 0.1) is 0 Å². The van der Waals surface area contributed by atoms with Crippen LogP contribution in [0.25, 0.3) is 0 Å². The molecule has 0 bridgehead atoms. The molecule has 90 valence electrons. The molecule has 0 aliphatic carbocycles. The van der Waals surface area contributed by atoms with Gasteiger partial charge in [-0.15, -0.1) is 0 Å². The molecule has 8 heteroatoms. The summed E-state index contributed by atoms with van der Waals surface area (Å²) in [5.74, 6) is -0.422. The van der Waals surface area contributed by atoms with Crippen LogP contribution < -0.4 is 10.5 Å². The largest absolute Gasteiger partial charge is 0.428 e. The van der Waals surface area contributed by atoms with Crippen molar-refractivity contribution in [2.45, 2.75) is 10.9 Å². The van der Waals surface area contributed by atoms with E-state index in [0.29, 0.717) is 0 Å². The summed E-state index contributed by atoms with van der Waals surface area (Å²) in [6, 6.07) is 2.44. The highest BCUT2D eigenvalue weighted by Gasteiger charge is 2.41. The summed E-state index contributed by atoms with van der Waals surface area (Å²) in [7, 11) is 0. The maximum absolute atomic E-state index is 13.1. The molecule has 0 heterocycles. The molecule has 2 N–H and O–H groups in total. The van der Waals surface area contributed by atoms with Crippen LogP contribution in [0.4, 0.5) is 14.5 Å². The Morgan fingerprint density at radius 1 is 1.19 bits per heavy atom. The van der Waals surface area contributed by atoms with Crippen LogP contribution in [0.15, 0.2) is 12.1 Å². The van der Waals surface area contributed by atoms with Gasteiger partial charge in [0.2, 0.25) is 4.84 Å². The third-order valence-electron chi connectivity index (χ3n) is 1.51. The molecule has 0 unspecified atom stereocenters. The predicted octanol–water partition coefficient (Wildman–Crippen LogP) is 4.35. The van der Waals surface area contributed by atoms with Crippen LogP contribution in [-0.2, 0) is 0 Å². The molecule has 1 aromatic rings. The van der Waals surface area contributed by atoms with E-state index in [0.717, 1.165) is 0 Å². The van der Waals surface area contributed by atoms with Gasteiger partial charge in [0.1, 0.15) is 0 Å². The number of hydrogen-bond acceptors (Lipinski definition) is 2. The molecule has 0 spiro atoms. The molecule has 2 nitrogen and oxygen atoms in total. The average molecular weight is 311 g/mol. The SMILES string of the molecule is Nc1cc(Cl)c(OC(F)(F)C(Cl)Cl)c(Cl)c1. The molecule has 0 aliphatic heterocycles. The first kappa shape index (κ1) is 13.9. The summed E-state index contributed by atoms with van der Waals surface area (Å²) in [6.45, 7) is 0. The van der Waals surface area contributed by atoms with Crippen LogP contribution in [0.2, 0.25) is 10.0 Å². The maximum atomic E-state index is 13.1. The maximum Gasteiger partial charge on any atom is 0.428 e. The van der Waals surface area contributed by atoms with E-state index in [1.165, 1.54) is 12.1 Å². The Balaban J connectivity index is 3.07. The number of nitrogens with two attached hydrogens (primary N) is 1. The minimum absolute atomic E-state index is 0.154. The zero-order valence-corrected chi connectivity index (χ0v) is 10.5. The molecule has 16 heavy (non-hydrogen) atoms. The van der Waals surface area contributed by atoms with E-state index in [9.17, 15) is 8.78 Å². The van der Waals surface area contributed by atoms with Gasteiger partial charge in [-0.2, -0.15) is 8.78 Å². The summed E-state index contributed by atoms with van der Waals surface area (Å²) < 4.78 is 30.4. The lowest BCUT2D eigenvalue weighted by atomic mass is 10.3. The molecular formula is C8H5Cl4F2NO. The number of ether oxygens (including phenoxy) is 1. The second-order valence-corrected chi connectivity index (χ2v) is 4.69. The van der Waals surface area contributed by atoms with Gasteiger partial charge in [-0.1, -0.05) is 46.4 Å². The number of hydrogen-bond donors (Lipinski definition) is 1. The Hall–Kier alpha value is -0.160. The zero-order chi connectivity index (χ0) is 12.5. The van der Waals surface area contributed by atoms with Crippen molar-refractivity contribution >= 4 is 52.1 Å². The number of benzene rings is 1. The molecule has 0 aliphatic rings. The Morgan fingerprint density at radius 2 is 1.62 bits per heavy atom. The van der Waals surface area contributed by atoms with E-state index < -0.39 is 16.7 Å². The molecule has 0 saturated heterocycles. The summed E-state index contributed by atoms with van der Waals surface area (Å²) in [5.41, 5.74) is 5.61. The van der Waals surface area contributed by atoms with Crippen molar-refractivity contribution in [3.8, 4) is 5.75 Å². The highest BCUT2D eigenvalue weighted by atomic mass is 35.5. The first-order valence-electron chi connectivity index (χ1n) is 3.83. The van der Waals surface area contributed by atoms with Gasteiger partial charge in [-0.3, -0.25) is 0 Å². The molecule has 0 radical (unpaired) electrons. The fourth-order valence-electron chi connectivity index (χ4n) is 0.858. The van der Waals surface area contributed by atoms with E-state index >= 15 is 0 Å². The molecule has 0 atom stereocenters. The average Bonchev–Trinajstić information content (AvgIpc) is 2.11. The van der Waals surface area contributed by atoms with Gasteiger partial charge in [-0.05, 0) is 12.1 Å². The highest BCUT2D eigenvalue weighted by molar-refractivity contribution is 6.45. The van der Waals surface area contributed by atoms with Crippen LogP contribution >= 0.6 is 46.4 Å². The minimum Gasteiger partial charge on any atom is -0.427 e. The van der Waals surface area contributed by atoms with Gasteiger partial charge in [-0.25, -0.2) is 0 Å². The van der Waals surface area contributed by atoms with Crippen LogP contribution in [0.3, 0.4) is 0 Å². The van der Waals surface area contributed by atoms with E-state index in [4.69, 9.17) is 52.1 Å². The predicted molar refractivity (Wildman–Crippen MR) is 61.9 cm³/mol. The number of rotatable bonds is 3. The van der Waals surface area contributed by atoms with Crippen LogP contribution in [-0.4, -0.2) is 10.9 Å². The fraction of sp³-hybridized carbons (Fsp3) is 0.250. The molecule has 0 aromatic heterocycles. The lowest BCUT2D eigenvalue weighted by Gasteiger charge is -2.20. The van der Waals surface area contributed by atoms with Gasteiger partial charge < -0.3 is 10.5 Å². The summed E-state index contributed by atoms with van der Waals surface area (Å²) in [4.78, 5) is -2.04. The van der Waals surface area contributed by atoms with Crippen molar-refractivity contribution in [2.24, 2.45) is 0 Å². The Kier molecular flexibility index (Phi) is 4.35. The quantitative estimate of drug-likeness (QED) is 0.665. The van der Waals surface area contributed by atoms with Crippen molar-refractivity contribution in [2.75, 3.05) is 5.73 Å². The number of halogens is 6. The summed E-state index contributed by atoms with van der Waals surface area (Å²) in [6.07, 6.45) is -3.80. The van der Waals surface area contributed by atoms with Crippen molar-refractivity contribution in [3.05, 3.63) is 22.2 Å². The lowest BCUT2D eigenvalue weighted by Crippen LogP contribution is -2.32. The van der Waals surface area contributed by atoms with Gasteiger partial charge >= 0.3 is 6.11 Å². The smallest absolute Gasteiger partial charge is 0.427 e. The van der Waals surface area contributed by atoms with Gasteiger partial charge in [0.15, 0.2) is 5.75 Å². The number of anilines is 1. The van der Waals surface area contributed by atoms with Gasteiger partial charge in [0.05, 0.1) is 10.0 Å². The van der Waals surface area contributed by atoms with E-state index in [2.05, 4.69) is 4.74 Å². The van der Waals surface area contributed by atoms with E-state index in [1.54, 1.807) is 0 Å². The van der Waals surface area contributed by atoms with Gasteiger partial charge in [0, 0.05) is 5.69 Å². The third-order valence-corrected chi connectivity index (χ3v) is 2.58.